The molecule has 3 N–H and O–H groups in total. The van der Waals surface area contributed by atoms with Crippen LogP contribution < -0.4 is 11.1 Å². The van der Waals surface area contributed by atoms with Gasteiger partial charge in [-0.2, -0.15) is 0 Å². The Kier molecular flexibility index (Phi) is 6.26. The van der Waals surface area contributed by atoms with Crippen molar-refractivity contribution in [3.63, 3.8) is 0 Å². The second-order valence-corrected chi connectivity index (χ2v) is 6.87. The van der Waals surface area contributed by atoms with Crippen molar-refractivity contribution >= 4 is 41.2 Å². The predicted molar refractivity (Wildman–Crippen MR) is 95.1 cm³/mol. The molecule has 1 aliphatic carbocycles. The van der Waals surface area contributed by atoms with Gasteiger partial charge in [-0.3, -0.25) is 19.3 Å². The number of hydrogen-bond donors (Lipinski definition) is 2. The Morgan fingerprint density at radius 3 is 2.75 bits per heavy atom. The second kappa shape index (κ2) is 8.00. The molecule has 1 heterocycles. The molecule has 1 atom stereocenters. The molecule has 2 fully saturated rings. The molecule has 8 heteroatoms. The van der Waals surface area contributed by atoms with Crippen LogP contribution in [0.1, 0.15) is 28.8 Å². The smallest absolute Gasteiger partial charge is 0.289 e. The van der Waals surface area contributed by atoms with Crippen LogP contribution in [0.15, 0.2) is 24.3 Å². The zero-order valence-corrected chi connectivity index (χ0v) is 14.7. The van der Waals surface area contributed by atoms with Gasteiger partial charge in [0.15, 0.2) is 0 Å². The molecule has 0 aromatic heterocycles. The molecule has 3 rings (SSSR count). The summed E-state index contributed by atoms with van der Waals surface area (Å²) in [6.45, 7) is 0.667. The van der Waals surface area contributed by atoms with Gasteiger partial charge in [0.2, 0.25) is 5.91 Å². The van der Waals surface area contributed by atoms with Gasteiger partial charge < -0.3 is 11.1 Å². The third kappa shape index (κ3) is 4.49. The third-order valence-corrected chi connectivity index (χ3v) is 4.95. The lowest BCUT2D eigenvalue weighted by Gasteiger charge is -2.14. The Labute approximate surface area is 150 Å². The first kappa shape index (κ1) is 18.8. The van der Waals surface area contributed by atoms with E-state index in [1.807, 2.05) is 0 Å². The lowest BCUT2D eigenvalue weighted by atomic mass is 10.1. The van der Waals surface area contributed by atoms with Crippen molar-refractivity contribution in [3.8, 4) is 0 Å². The number of carbonyl (C=O) groups is 3. The van der Waals surface area contributed by atoms with Crippen molar-refractivity contribution in [1.82, 2.24) is 10.2 Å². The van der Waals surface area contributed by atoms with E-state index in [1.54, 1.807) is 24.3 Å². The van der Waals surface area contributed by atoms with E-state index in [0.717, 1.165) is 30.2 Å². The van der Waals surface area contributed by atoms with Crippen molar-refractivity contribution in [2.45, 2.75) is 25.4 Å². The zero-order chi connectivity index (χ0) is 16.4. The van der Waals surface area contributed by atoms with Gasteiger partial charge in [-0.15, -0.1) is 12.4 Å². The number of hydrogen-bond acceptors (Lipinski definition) is 5. The van der Waals surface area contributed by atoms with Crippen LogP contribution in [0, 0.1) is 5.92 Å². The minimum Gasteiger partial charge on any atom is -0.350 e. The summed E-state index contributed by atoms with van der Waals surface area (Å²) < 4.78 is 0. The molecule has 0 spiro atoms. The van der Waals surface area contributed by atoms with E-state index in [0.29, 0.717) is 18.0 Å². The number of rotatable bonds is 6. The van der Waals surface area contributed by atoms with E-state index < -0.39 is 0 Å². The van der Waals surface area contributed by atoms with Crippen molar-refractivity contribution in [1.29, 1.82) is 0 Å². The highest BCUT2D eigenvalue weighted by atomic mass is 35.5. The van der Waals surface area contributed by atoms with Crippen molar-refractivity contribution in [2.75, 3.05) is 12.3 Å². The molecule has 0 bridgehead atoms. The molecule has 6 nitrogen and oxygen atoms in total. The van der Waals surface area contributed by atoms with Crippen LogP contribution in [0.5, 0.6) is 0 Å². The number of halogens is 1. The van der Waals surface area contributed by atoms with Crippen LogP contribution in [-0.2, 0) is 11.3 Å². The number of imide groups is 1. The van der Waals surface area contributed by atoms with Gasteiger partial charge >= 0.3 is 0 Å². The van der Waals surface area contributed by atoms with Crippen molar-refractivity contribution < 1.29 is 14.4 Å². The van der Waals surface area contributed by atoms with Crippen LogP contribution in [0.2, 0.25) is 0 Å². The quantitative estimate of drug-likeness (QED) is 0.797. The van der Waals surface area contributed by atoms with E-state index in [1.165, 1.54) is 4.90 Å². The average Bonchev–Trinajstić information content (AvgIpc) is 3.35. The van der Waals surface area contributed by atoms with Gasteiger partial charge in [-0.25, -0.2) is 0 Å². The summed E-state index contributed by atoms with van der Waals surface area (Å²) in [7, 11) is 0. The highest BCUT2D eigenvalue weighted by molar-refractivity contribution is 8.14. The van der Waals surface area contributed by atoms with E-state index in [9.17, 15) is 14.4 Å². The lowest BCUT2D eigenvalue weighted by Crippen LogP contribution is -2.38. The van der Waals surface area contributed by atoms with Crippen LogP contribution in [0.25, 0.3) is 0 Å². The Hall–Kier alpha value is -1.57. The van der Waals surface area contributed by atoms with Gasteiger partial charge in [0.05, 0.1) is 12.3 Å². The molecule has 130 valence electrons. The van der Waals surface area contributed by atoms with Gasteiger partial charge in [0.1, 0.15) is 0 Å². The number of benzene rings is 1. The largest absolute Gasteiger partial charge is 0.350 e. The van der Waals surface area contributed by atoms with E-state index in [2.05, 4.69) is 5.32 Å². The molecule has 3 amide bonds. The molecular formula is C16H20ClN3O3S. The molecule has 1 saturated heterocycles. The summed E-state index contributed by atoms with van der Waals surface area (Å²) >= 11 is 1.01. The normalized spacial score (nSPS) is 18.3. The topological polar surface area (TPSA) is 92.5 Å². The average molecular weight is 370 g/mol. The maximum Gasteiger partial charge on any atom is 0.289 e. The van der Waals surface area contributed by atoms with Crippen LogP contribution in [0.3, 0.4) is 0 Å². The summed E-state index contributed by atoms with van der Waals surface area (Å²) in [6, 6.07) is 6.99. The number of carbonyl (C=O) groups excluding carboxylic acids is 3. The van der Waals surface area contributed by atoms with Crippen LogP contribution >= 0.6 is 24.2 Å². The van der Waals surface area contributed by atoms with Crippen molar-refractivity contribution in [2.24, 2.45) is 11.7 Å². The van der Waals surface area contributed by atoms with Gasteiger partial charge in [-0.05, 0) is 36.5 Å². The highest BCUT2D eigenvalue weighted by Crippen LogP contribution is 2.31. The SMILES string of the molecule is Cl.NC(CNC(=O)c1cccc(CN2C(=O)CSC2=O)c1)C1CC1. The number of nitrogens with zero attached hydrogens (tertiary/aromatic N) is 1. The summed E-state index contributed by atoms with van der Waals surface area (Å²) in [5.74, 6) is 0.353. The molecule has 0 radical (unpaired) electrons. The Morgan fingerprint density at radius 2 is 2.12 bits per heavy atom. The Balaban J connectivity index is 0.00000208. The molecule has 1 aliphatic heterocycles. The fourth-order valence-corrected chi connectivity index (χ4v) is 3.26. The van der Waals surface area contributed by atoms with Gasteiger partial charge in [-0.1, -0.05) is 23.9 Å². The second-order valence-electron chi connectivity index (χ2n) is 5.95. The Bertz CT molecular complexity index is 635. The standard InChI is InChI=1S/C16H19N3O3S.ClH/c17-13(11-4-5-11)7-18-15(21)12-3-1-2-10(6-12)8-19-14(20)9-23-16(19)22;/h1-3,6,11,13H,4-5,7-9,17H2,(H,18,21);1H. The molecule has 24 heavy (non-hydrogen) atoms. The first-order valence-electron chi connectivity index (χ1n) is 7.64. The van der Waals surface area contributed by atoms with Gasteiger partial charge in [0.25, 0.3) is 11.1 Å². The van der Waals surface area contributed by atoms with Crippen LogP contribution in [0.4, 0.5) is 4.79 Å². The molecular weight excluding hydrogens is 350 g/mol. The predicted octanol–water partition coefficient (Wildman–Crippen LogP) is 1.77. The highest BCUT2D eigenvalue weighted by Gasteiger charge is 2.30. The zero-order valence-electron chi connectivity index (χ0n) is 13.1. The van der Waals surface area contributed by atoms with Crippen LogP contribution in [-0.4, -0.2) is 40.3 Å². The van der Waals surface area contributed by atoms with E-state index >= 15 is 0 Å². The summed E-state index contributed by atoms with van der Waals surface area (Å²) in [5.41, 5.74) is 7.25. The minimum atomic E-state index is -0.236. The fraction of sp³-hybridized carbons (Fsp3) is 0.438. The summed E-state index contributed by atoms with van der Waals surface area (Å²) in [5, 5.41) is 2.61. The summed E-state index contributed by atoms with van der Waals surface area (Å²) in [6.07, 6.45) is 2.28. The minimum absolute atomic E-state index is 0. The number of nitrogens with two attached hydrogens (primary N) is 1. The fourth-order valence-electron chi connectivity index (χ4n) is 2.53. The number of nitrogens with one attached hydrogen (secondary N) is 1. The first-order valence-corrected chi connectivity index (χ1v) is 8.63. The molecule has 2 aliphatic rings. The summed E-state index contributed by atoms with van der Waals surface area (Å²) in [4.78, 5) is 36.7. The van der Waals surface area contributed by atoms with E-state index in [-0.39, 0.29) is 47.8 Å². The lowest BCUT2D eigenvalue weighted by molar-refractivity contribution is -0.125. The third-order valence-electron chi connectivity index (χ3n) is 4.10. The molecule has 1 unspecified atom stereocenters. The monoisotopic (exact) mass is 369 g/mol. The molecule has 1 aromatic carbocycles. The number of amides is 3. The van der Waals surface area contributed by atoms with Crippen molar-refractivity contribution in [3.05, 3.63) is 35.4 Å². The first-order chi connectivity index (χ1) is 11.0. The maximum atomic E-state index is 12.2. The Morgan fingerprint density at radius 1 is 1.38 bits per heavy atom. The van der Waals surface area contributed by atoms with E-state index in [4.69, 9.17) is 5.73 Å². The molecule has 1 aromatic rings. The van der Waals surface area contributed by atoms with Gasteiger partial charge in [0, 0.05) is 18.2 Å². The molecule has 1 saturated carbocycles. The number of thioether (sulfide) groups is 1. The maximum absolute atomic E-state index is 12.2.